The zero-order chi connectivity index (χ0) is 13.9. The number of nitrogens with zero attached hydrogens (tertiary/aromatic N) is 2. The van der Waals surface area contributed by atoms with Crippen molar-refractivity contribution in [1.82, 2.24) is 4.98 Å². The topological polar surface area (TPSA) is 45.9 Å². The van der Waals surface area contributed by atoms with Crippen LogP contribution in [0.2, 0.25) is 0 Å². The number of alkyl halides is 3. The molecule has 1 aromatic heterocycles. The number of pyridine rings is 1. The van der Waals surface area contributed by atoms with Gasteiger partial charge in [-0.3, -0.25) is 0 Å². The van der Waals surface area contributed by atoms with Crippen molar-refractivity contribution in [2.45, 2.75) is 31.9 Å². The van der Waals surface area contributed by atoms with E-state index >= 15 is 0 Å². The molecule has 6 heteroatoms. The summed E-state index contributed by atoms with van der Waals surface area (Å²) >= 11 is 0. The first-order chi connectivity index (χ1) is 9.00. The van der Waals surface area contributed by atoms with Gasteiger partial charge < -0.3 is 4.74 Å². The second-order valence-electron chi connectivity index (χ2n) is 4.59. The van der Waals surface area contributed by atoms with E-state index in [1.54, 1.807) is 6.07 Å². The Balaban J connectivity index is 2.05. The highest BCUT2D eigenvalue weighted by atomic mass is 19.4. The molecule has 0 atom stereocenters. The predicted molar refractivity (Wildman–Crippen MR) is 61.4 cm³/mol. The Morgan fingerprint density at radius 1 is 1.37 bits per heavy atom. The van der Waals surface area contributed by atoms with Crippen LogP contribution in [0.3, 0.4) is 0 Å². The van der Waals surface area contributed by atoms with E-state index in [2.05, 4.69) is 4.98 Å². The van der Waals surface area contributed by atoms with Gasteiger partial charge in [0, 0.05) is 0 Å². The Kier molecular flexibility index (Phi) is 3.93. The van der Waals surface area contributed by atoms with Crippen molar-refractivity contribution in [3.8, 4) is 11.9 Å². The molecular formula is C13H13F3N2O. The van der Waals surface area contributed by atoms with Crippen LogP contribution in [-0.2, 0) is 6.18 Å². The molecule has 0 amide bonds. The van der Waals surface area contributed by atoms with Crippen molar-refractivity contribution in [2.24, 2.45) is 5.92 Å². The van der Waals surface area contributed by atoms with Gasteiger partial charge >= 0.3 is 6.18 Å². The van der Waals surface area contributed by atoms with Gasteiger partial charge in [0.25, 0.3) is 0 Å². The van der Waals surface area contributed by atoms with Crippen molar-refractivity contribution in [1.29, 1.82) is 5.26 Å². The van der Waals surface area contributed by atoms with Crippen LogP contribution in [0, 0.1) is 17.2 Å². The average Bonchev–Trinajstić information content (AvgIpc) is 2.31. The van der Waals surface area contributed by atoms with E-state index in [-0.39, 0.29) is 11.4 Å². The minimum atomic E-state index is -4.53. The number of aromatic nitrogens is 1. The first kappa shape index (κ1) is 13.7. The Morgan fingerprint density at radius 2 is 2.11 bits per heavy atom. The second-order valence-corrected chi connectivity index (χ2v) is 4.59. The zero-order valence-electron chi connectivity index (χ0n) is 10.2. The third kappa shape index (κ3) is 3.37. The summed E-state index contributed by atoms with van der Waals surface area (Å²) < 4.78 is 42.8. The van der Waals surface area contributed by atoms with E-state index in [1.165, 1.54) is 6.42 Å². The van der Waals surface area contributed by atoms with E-state index in [4.69, 9.17) is 10.00 Å². The predicted octanol–water partition coefficient (Wildman–Crippen LogP) is 3.54. The number of ether oxygens (including phenoxy) is 1. The normalized spacial score (nSPS) is 15.7. The van der Waals surface area contributed by atoms with E-state index < -0.39 is 11.9 Å². The number of hydrogen-bond donors (Lipinski definition) is 0. The fourth-order valence-electron chi connectivity index (χ4n) is 1.90. The summed E-state index contributed by atoms with van der Waals surface area (Å²) in [5, 5.41) is 8.83. The smallest absolute Gasteiger partial charge is 0.433 e. The molecule has 0 N–H and O–H groups in total. The maximum absolute atomic E-state index is 12.5. The average molecular weight is 270 g/mol. The van der Waals surface area contributed by atoms with E-state index in [0.717, 1.165) is 31.4 Å². The first-order valence-corrected chi connectivity index (χ1v) is 6.12. The van der Waals surface area contributed by atoms with Crippen LogP contribution >= 0.6 is 0 Å². The lowest BCUT2D eigenvalue weighted by Gasteiger charge is -2.24. The Hall–Kier alpha value is -1.77. The van der Waals surface area contributed by atoms with Gasteiger partial charge in [-0.1, -0.05) is 19.3 Å². The van der Waals surface area contributed by atoms with Gasteiger partial charge in [-0.15, -0.1) is 0 Å². The molecule has 0 bridgehead atoms. The summed E-state index contributed by atoms with van der Waals surface area (Å²) in [5.41, 5.74) is -1.01. The van der Waals surface area contributed by atoms with Crippen molar-refractivity contribution in [2.75, 3.05) is 6.61 Å². The van der Waals surface area contributed by atoms with Gasteiger partial charge in [-0.2, -0.15) is 18.4 Å². The van der Waals surface area contributed by atoms with Crippen LogP contribution in [0.5, 0.6) is 5.88 Å². The van der Waals surface area contributed by atoms with Gasteiger partial charge in [0.2, 0.25) is 5.88 Å². The monoisotopic (exact) mass is 270 g/mol. The molecule has 0 unspecified atom stereocenters. The number of rotatable bonds is 4. The van der Waals surface area contributed by atoms with Crippen LogP contribution in [0.25, 0.3) is 0 Å². The number of halogens is 3. The molecular weight excluding hydrogens is 257 g/mol. The minimum absolute atomic E-state index is 0.0293. The first-order valence-electron chi connectivity index (χ1n) is 6.12. The fourth-order valence-corrected chi connectivity index (χ4v) is 1.90. The van der Waals surface area contributed by atoms with E-state index in [1.807, 2.05) is 0 Å². The van der Waals surface area contributed by atoms with Gasteiger partial charge in [0.05, 0.1) is 6.61 Å². The highest BCUT2D eigenvalue weighted by Gasteiger charge is 2.33. The molecule has 0 spiro atoms. The fraction of sp³-hybridized carbons (Fsp3) is 0.538. The highest BCUT2D eigenvalue weighted by molar-refractivity contribution is 5.39. The Morgan fingerprint density at radius 3 is 2.63 bits per heavy atom. The zero-order valence-corrected chi connectivity index (χ0v) is 10.2. The molecule has 2 rings (SSSR count). The summed E-state index contributed by atoms with van der Waals surface area (Å²) in [7, 11) is 0. The largest absolute Gasteiger partial charge is 0.477 e. The third-order valence-corrected chi connectivity index (χ3v) is 3.26. The second kappa shape index (κ2) is 5.47. The molecule has 3 nitrogen and oxygen atoms in total. The molecule has 19 heavy (non-hydrogen) atoms. The molecule has 0 saturated heterocycles. The van der Waals surface area contributed by atoms with E-state index in [9.17, 15) is 13.2 Å². The maximum atomic E-state index is 12.5. The van der Waals surface area contributed by atoms with Gasteiger partial charge in [-0.05, 0) is 24.5 Å². The highest BCUT2D eigenvalue weighted by Crippen LogP contribution is 2.31. The lowest BCUT2D eigenvalue weighted by Crippen LogP contribution is -2.16. The van der Waals surface area contributed by atoms with Crippen LogP contribution in [0.15, 0.2) is 12.1 Å². The standard InChI is InChI=1S/C13H13F3N2O/c14-13(15,16)11-5-4-10(8-17)12(18-11)19-7-6-9-2-1-3-9/h4-5,9H,1-3,6-7H2. The van der Waals surface area contributed by atoms with Crippen LogP contribution < -0.4 is 4.74 Å². The molecule has 1 saturated carbocycles. The maximum Gasteiger partial charge on any atom is 0.433 e. The van der Waals surface area contributed by atoms with Crippen molar-refractivity contribution < 1.29 is 17.9 Å². The minimum Gasteiger partial charge on any atom is -0.477 e. The lowest BCUT2D eigenvalue weighted by molar-refractivity contribution is -0.141. The SMILES string of the molecule is N#Cc1ccc(C(F)(F)F)nc1OCCC1CCC1. The molecule has 1 aliphatic rings. The summed E-state index contributed by atoms with van der Waals surface area (Å²) in [6.45, 7) is 0.299. The summed E-state index contributed by atoms with van der Waals surface area (Å²) in [6, 6.07) is 3.67. The number of hydrogen-bond acceptors (Lipinski definition) is 3. The molecule has 0 aromatic carbocycles. The van der Waals surface area contributed by atoms with E-state index in [0.29, 0.717) is 12.5 Å². The molecule has 0 radical (unpaired) electrons. The van der Waals surface area contributed by atoms with Crippen molar-refractivity contribution in [3.05, 3.63) is 23.4 Å². The van der Waals surface area contributed by atoms with Crippen LogP contribution in [-0.4, -0.2) is 11.6 Å². The van der Waals surface area contributed by atoms with Crippen molar-refractivity contribution >= 4 is 0 Å². The van der Waals surface area contributed by atoms with Gasteiger partial charge in [0.15, 0.2) is 0 Å². The molecule has 1 fully saturated rings. The molecule has 1 heterocycles. The van der Waals surface area contributed by atoms with Crippen LogP contribution in [0.4, 0.5) is 13.2 Å². The van der Waals surface area contributed by atoms with Crippen LogP contribution in [0.1, 0.15) is 36.9 Å². The van der Waals surface area contributed by atoms with Crippen molar-refractivity contribution in [3.63, 3.8) is 0 Å². The molecule has 1 aliphatic carbocycles. The lowest BCUT2D eigenvalue weighted by atomic mass is 9.83. The summed E-state index contributed by atoms with van der Waals surface area (Å²) in [5.74, 6) is 0.369. The third-order valence-electron chi connectivity index (χ3n) is 3.26. The molecule has 1 aromatic rings. The summed E-state index contributed by atoms with van der Waals surface area (Å²) in [4.78, 5) is 3.39. The Bertz CT molecular complexity index is 490. The summed E-state index contributed by atoms with van der Waals surface area (Å²) in [6.07, 6.45) is -0.242. The quantitative estimate of drug-likeness (QED) is 0.840. The molecule has 102 valence electrons. The van der Waals surface area contributed by atoms with Gasteiger partial charge in [-0.25, -0.2) is 4.98 Å². The number of nitriles is 1. The van der Waals surface area contributed by atoms with Gasteiger partial charge in [0.1, 0.15) is 17.3 Å². The Labute approximate surface area is 109 Å². The molecule has 0 aliphatic heterocycles.